The molecular formula is C17H28O3S. The highest BCUT2D eigenvalue weighted by Gasteiger charge is 2.08. The maximum atomic E-state index is 10.9. The van der Waals surface area contributed by atoms with E-state index in [1.54, 1.807) is 12.1 Å². The van der Waals surface area contributed by atoms with Crippen molar-refractivity contribution in [2.75, 3.05) is 0 Å². The second-order valence-electron chi connectivity index (χ2n) is 5.70. The van der Waals surface area contributed by atoms with Gasteiger partial charge in [-0.1, -0.05) is 70.4 Å². The van der Waals surface area contributed by atoms with Gasteiger partial charge in [0, 0.05) is 0 Å². The van der Waals surface area contributed by atoms with Gasteiger partial charge in [-0.05, 0) is 30.5 Å². The van der Waals surface area contributed by atoms with Gasteiger partial charge in [0.1, 0.15) is 0 Å². The lowest BCUT2D eigenvalue weighted by Crippen LogP contribution is -1.98. The zero-order chi connectivity index (χ0) is 15.6. The van der Waals surface area contributed by atoms with Gasteiger partial charge in [-0.2, -0.15) is 8.42 Å². The van der Waals surface area contributed by atoms with E-state index in [-0.39, 0.29) is 4.90 Å². The summed E-state index contributed by atoms with van der Waals surface area (Å²) in [5.74, 6) is 0. The van der Waals surface area contributed by atoms with Crippen molar-refractivity contribution in [1.29, 1.82) is 0 Å². The molecule has 0 amide bonds. The maximum absolute atomic E-state index is 10.9. The number of unbranched alkanes of at least 4 members (excludes halogenated alkanes) is 8. The highest BCUT2D eigenvalue weighted by molar-refractivity contribution is 7.85. The molecule has 0 radical (unpaired) electrons. The summed E-state index contributed by atoms with van der Waals surface area (Å²) in [6.45, 7) is 2.24. The summed E-state index contributed by atoms with van der Waals surface area (Å²) in [6, 6.07) is 6.51. The van der Waals surface area contributed by atoms with Gasteiger partial charge in [0.05, 0.1) is 4.90 Å². The van der Waals surface area contributed by atoms with E-state index < -0.39 is 10.1 Å². The van der Waals surface area contributed by atoms with Gasteiger partial charge in [-0.15, -0.1) is 0 Å². The molecule has 1 aromatic carbocycles. The van der Waals surface area contributed by atoms with Gasteiger partial charge in [0.25, 0.3) is 10.1 Å². The normalized spacial score (nSPS) is 11.7. The van der Waals surface area contributed by atoms with E-state index in [0.717, 1.165) is 18.4 Å². The van der Waals surface area contributed by atoms with Crippen LogP contribution < -0.4 is 0 Å². The standard InChI is InChI=1S/C17H28O3S/c1-2-3-4-5-6-7-8-9-10-11-16-12-14-17(15-13-16)21(18,19)20/h12-15H,2-11H2,1H3,(H,18,19,20). The minimum atomic E-state index is -4.06. The van der Waals surface area contributed by atoms with Crippen LogP contribution in [0.4, 0.5) is 0 Å². The van der Waals surface area contributed by atoms with Gasteiger partial charge in [-0.25, -0.2) is 0 Å². The third-order valence-electron chi connectivity index (χ3n) is 3.79. The van der Waals surface area contributed by atoms with E-state index in [1.165, 1.54) is 63.5 Å². The molecule has 0 saturated carbocycles. The fourth-order valence-corrected chi connectivity index (χ4v) is 2.95. The van der Waals surface area contributed by atoms with Gasteiger partial charge in [-0.3, -0.25) is 4.55 Å². The smallest absolute Gasteiger partial charge is 0.282 e. The summed E-state index contributed by atoms with van der Waals surface area (Å²) < 4.78 is 30.8. The van der Waals surface area contributed by atoms with Crippen molar-refractivity contribution in [1.82, 2.24) is 0 Å². The molecule has 0 heterocycles. The first kappa shape index (κ1) is 18.2. The van der Waals surface area contributed by atoms with Crippen LogP contribution in [0.2, 0.25) is 0 Å². The molecule has 4 heteroatoms. The molecule has 1 rings (SSSR count). The average Bonchev–Trinajstić information content (AvgIpc) is 2.45. The van der Waals surface area contributed by atoms with Gasteiger partial charge >= 0.3 is 0 Å². The minimum Gasteiger partial charge on any atom is -0.282 e. The maximum Gasteiger partial charge on any atom is 0.294 e. The predicted molar refractivity (Wildman–Crippen MR) is 87.2 cm³/mol. The summed E-state index contributed by atoms with van der Waals surface area (Å²) in [5, 5.41) is 0. The van der Waals surface area contributed by atoms with Crippen molar-refractivity contribution in [2.45, 2.75) is 76.0 Å². The van der Waals surface area contributed by atoms with Crippen LogP contribution in [-0.4, -0.2) is 13.0 Å². The molecule has 1 aromatic rings. The third-order valence-corrected chi connectivity index (χ3v) is 4.66. The van der Waals surface area contributed by atoms with Crippen LogP contribution in [0.15, 0.2) is 29.2 Å². The average molecular weight is 312 g/mol. The largest absolute Gasteiger partial charge is 0.294 e. The molecule has 0 unspecified atom stereocenters. The second kappa shape index (κ2) is 9.96. The topological polar surface area (TPSA) is 54.4 Å². The Balaban J connectivity index is 2.10. The molecule has 0 fully saturated rings. The van der Waals surface area contributed by atoms with Crippen LogP contribution in [0.5, 0.6) is 0 Å². The molecule has 120 valence electrons. The van der Waals surface area contributed by atoms with E-state index in [4.69, 9.17) is 4.55 Å². The van der Waals surface area contributed by atoms with E-state index in [9.17, 15) is 8.42 Å². The van der Waals surface area contributed by atoms with Crippen molar-refractivity contribution in [3.8, 4) is 0 Å². The molecule has 3 nitrogen and oxygen atoms in total. The van der Waals surface area contributed by atoms with Crippen LogP contribution in [0.25, 0.3) is 0 Å². The molecule has 0 aliphatic carbocycles. The number of aryl methyl sites for hydroxylation is 1. The van der Waals surface area contributed by atoms with Crippen LogP contribution in [0, 0.1) is 0 Å². The first-order valence-corrected chi connectivity index (χ1v) is 9.54. The Morgan fingerprint density at radius 3 is 1.76 bits per heavy atom. The van der Waals surface area contributed by atoms with Gasteiger partial charge in [0.2, 0.25) is 0 Å². The van der Waals surface area contributed by atoms with Crippen LogP contribution in [-0.2, 0) is 16.5 Å². The van der Waals surface area contributed by atoms with E-state index in [2.05, 4.69) is 6.92 Å². The summed E-state index contributed by atoms with van der Waals surface area (Å²) in [5.41, 5.74) is 1.13. The Morgan fingerprint density at radius 1 is 0.810 bits per heavy atom. The summed E-state index contributed by atoms with van der Waals surface area (Å²) in [7, 11) is -4.06. The molecule has 0 aliphatic heterocycles. The molecule has 0 saturated heterocycles. The first-order valence-electron chi connectivity index (χ1n) is 8.10. The Kier molecular flexibility index (Phi) is 8.62. The molecule has 1 N–H and O–H groups in total. The Morgan fingerprint density at radius 2 is 1.29 bits per heavy atom. The van der Waals surface area contributed by atoms with E-state index in [1.807, 2.05) is 0 Å². The Labute approximate surface area is 129 Å². The zero-order valence-electron chi connectivity index (χ0n) is 13.1. The lowest BCUT2D eigenvalue weighted by molar-refractivity contribution is 0.483. The minimum absolute atomic E-state index is 0.0293. The molecule has 21 heavy (non-hydrogen) atoms. The van der Waals surface area contributed by atoms with Crippen molar-refractivity contribution in [2.24, 2.45) is 0 Å². The molecule has 0 spiro atoms. The van der Waals surface area contributed by atoms with Crippen molar-refractivity contribution < 1.29 is 13.0 Å². The quantitative estimate of drug-likeness (QED) is 0.462. The van der Waals surface area contributed by atoms with Crippen molar-refractivity contribution >= 4 is 10.1 Å². The Hall–Kier alpha value is -0.870. The summed E-state index contributed by atoms with van der Waals surface area (Å²) >= 11 is 0. The number of hydrogen-bond donors (Lipinski definition) is 1. The van der Waals surface area contributed by atoms with Crippen LogP contribution >= 0.6 is 0 Å². The van der Waals surface area contributed by atoms with Crippen molar-refractivity contribution in [3.63, 3.8) is 0 Å². The molecule has 0 aliphatic rings. The third kappa shape index (κ3) is 8.22. The molecule has 0 bridgehead atoms. The lowest BCUT2D eigenvalue weighted by Gasteiger charge is -2.04. The van der Waals surface area contributed by atoms with Crippen LogP contribution in [0.3, 0.4) is 0 Å². The van der Waals surface area contributed by atoms with Gasteiger partial charge in [0.15, 0.2) is 0 Å². The van der Waals surface area contributed by atoms with E-state index in [0.29, 0.717) is 0 Å². The zero-order valence-corrected chi connectivity index (χ0v) is 13.9. The SMILES string of the molecule is CCCCCCCCCCCc1ccc(S(=O)(=O)O)cc1. The van der Waals surface area contributed by atoms with Crippen molar-refractivity contribution in [3.05, 3.63) is 29.8 Å². The monoisotopic (exact) mass is 312 g/mol. The Bertz CT molecular complexity index is 477. The van der Waals surface area contributed by atoms with E-state index >= 15 is 0 Å². The summed E-state index contributed by atoms with van der Waals surface area (Å²) in [4.78, 5) is -0.0293. The number of benzene rings is 1. The second-order valence-corrected chi connectivity index (χ2v) is 7.12. The lowest BCUT2D eigenvalue weighted by atomic mass is 10.0. The summed E-state index contributed by atoms with van der Waals surface area (Å²) in [6.07, 6.45) is 12.7. The number of rotatable bonds is 11. The highest BCUT2D eigenvalue weighted by Crippen LogP contribution is 2.14. The fraction of sp³-hybridized carbons (Fsp3) is 0.647. The fourth-order valence-electron chi connectivity index (χ4n) is 2.47. The highest BCUT2D eigenvalue weighted by atomic mass is 32.2. The van der Waals surface area contributed by atoms with Crippen LogP contribution in [0.1, 0.15) is 70.3 Å². The van der Waals surface area contributed by atoms with Gasteiger partial charge < -0.3 is 0 Å². The predicted octanol–water partition coefficient (Wildman–Crippen LogP) is 5.01. The molecule has 0 atom stereocenters. The molecular weight excluding hydrogens is 284 g/mol. The number of hydrogen-bond acceptors (Lipinski definition) is 2. The first-order chi connectivity index (χ1) is 10.0. The molecule has 0 aromatic heterocycles.